The molecule has 1 aliphatic heterocycles. The average molecular weight is 227 g/mol. The number of nitrogens with zero attached hydrogens (tertiary/aromatic N) is 2. The van der Waals surface area contributed by atoms with Crippen LogP contribution in [0.3, 0.4) is 0 Å². The third kappa shape index (κ3) is 4.04. The molecule has 0 amide bonds. The van der Waals surface area contributed by atoms with Gasteiger partial charge in [0.1, 0.15) is 0 Å². The predicted octanol–water partition coefficient (Wildman–Crippen LogP) is 1.39. The molecule has 3 nitrogen and oxygen atoms in total. The largest absolute Gasteiger partial charge is 0.329 e. The van der Waals surface area contributed by atoms with Gasteiger partial charge in [-0.25, -0.2) is 0 Å². The van der Waals surface area contributed by atoms with E-state index < -0.39 is 0 Å². The van der Waals surface area contributed by atoms with Crippen LogP contribution >= 0.6 is 0 Å². The van der Waals surface area contributed by atoms with Crippen molar-refractivity contribution < 1.29 is 0 Å². The molecule has 0 aromatic carbocycles. The minimum absolute atomic E-state index is 0.600. The van der Waals surface area contributed by atoms with Crippen molar-refractivity contribution in [1.29, 1.82) is 0 Å². The Bertz CT molecular complexity index is 184. The Morgan fingerprint density at radius 3 is 2.19 bits per heavy atom. The normalized spacial score (nSPS) is 21.9. The lowest BCUT2D eigenvalue weighted by Crippen LogP contribution is -2.49. The third-order valence-electron chi connectivity index (χ3n) is 3.76. The van der Waals surface area contributed by atoms with Crippen LogP contribution in [0.2, 0.25) is 0 Å². The highest BCUT2D eigenvalue weighted by Crippen LogP contribution is 2.19. The molecule has 2 N–H and O–H groups in total. The summed E-state index contributed by atoms with van der Waals surface area (Å²) in [7, 11) is 4.38. The van der Waals surface area contributed by atoms with E-state index in [9.17, 15) is 0 Å². The van der Waals surface area contributed by atoms with Crippen molar-refractivity contribution in [3.05, 3.63) is 0 Å². The topological polar surface area (TPSA) is 32.5 Å². The first-order chi connectivity index (χ1) is 7.54. The second-order valence-corrected chi connectivity index (χ2v) is 5.75. The Balaban J connectivity index is 2.38. The van der Waals surface area contributed by atoms with E-state index in [0.29, 0.717) is 6.04 Å². The first kappa shape index (κ1) is 13.9. The van der Waals surface area contributed by atoms with Gasteiger partial charge < -0.3 is 10.6 Å². The van der Waals surface area contributed by atoms with Crippen LogP contribution in [0.25, 0.3) is 0 Å². The Labute approximate surface area is 101 Å². The zero-order chi connectivity index (χ0) is 12.1. The summed E-state index contributed by atoms with van der Waals surface area (Å²) in [5, 5.41) is 0. The lowest BCUT2D eigenvalue weighted by Gasteiger charge is -2.39. The van der Waals surface area contributed by atoms with Gasteiger partial charge >= 0.3 is 0 Å². The minimum Gasteiger partial charge on any atom is -0.329 e. The van der Waals surface area contributed by atoms with Crippen molar-refractivity contribution in [2.24, 2.45) is 11.7 Å². The van der Waals surface area contributed by atoms with Crippen LogP contribution in [-0.2, 0) is 0 Å². The number of likely N-dealkylation sites (tertiary alicyclic amines) is 1. The summed E-state index contributed by atoms with van der Waals surface area (Å²) in [6.07, 6.45) is 3.83. The Morgan fingerprint density at radius 2 is 1.81 bits per heavy atom. The van der Waals surface area contributed by atoms with E-state index in [0.717, 1.165) is 18.5 Å². The van der Waals surface area contributed by atoms with Crippen LogP contribution in [0, 0.1) is 5.92 Å². The highest BCUT2D eigenvalue weighted by Gasteiger charge is 2.25. The molecule has 1 rings (SSSR count). The number of hydrogen-bond acceptors (Lipinski definition) is 3. The fourth-order valence-corrected chi connectivity index (χ4v) is 2.71. The van der Waals surface area contributed by atoms with E-state index in [-0.39, 0.29) is 0 Å². The van der Waals surface area contributed by atoms with Crippen molar-refractivity contribution in [2.75, 3.05) is 33.7 Å². The molecule has 96 valence electrons. The van der Waals surface area contributed by atoms with Crippen LogP contribution in [0.15, 0.2) is 0 Å². The summed E-state index contributed by atoms with van der Waals surface area (Å²) in [6, 6.07) is 1.37. The van der Waals surface area contributed by atoms with Crippen LogP contribution < -0.4 is 5.73 Å². The first-order valence-electron chi connectivity index (χ1n) is 6.65. The lowest BCUT2D eigenvalue weighted by molar-refractivity contribution is 0.101. The Kier molecular flexibility index (Phi) is 5.73. The smallest absolute Gasteiger partial charge is 0.0220 e. The van der Waals surface area contributed by atoms with Crippen LogP contribution in [0.4, 0.5) is 0 Å². The molecule has 1 aliphatic rings. The standard InChI is InChI=1S/C13H29N3/c1-11(2)9-13(10-14)16-7-5-12(6-8-16)15(3)4/h11-13H,5-10,14H2,1-4H3. The number of nitrogens with two attached hydrogens (primary N) is 1. The lowest BCUT2D eigenvalue weighted by atomic mass is 9.97. The number of hydrogen-bond donors (Lipinski definition) is 1. The van der Waals surface area contributed by atoms with Gasteiger partial charge in [-0.15, -0.1) is 0 Å². The van der Waals surface area contributed by atoms with E-state index in [1.54, 1.807) is 0 Å². The van der Waals surface area contributed by atoms with Gasteiger partial charge in [-0.2, -0.15) is 0 Å². The molecule has 0 saturated carbocycles. The highest BCUT2D eigenvalue weighted by molar-refractivity contribution is 4.82. The van der Waals surface area contributed by atoms with E-state index in [1.807, 2.05) is 0 Å². The third-order valence-corrected chi connectivity index (χ3v) is 3.76. The molecule has 0 aromatic rings. The maximum atomic E-state index is 5.89. The monoisotopic (exact) mass is 227 g/mol. The van der Waals surface area contributed by atoms with E-state index in [1.165, 1.54) is 32.4 Å². The Morgan fingerprint density at radius 1 is 1.25 bits per heavy atom. The molecular formula is C13H29N3. The molecule has 1 fully saturated rings. The van der Waals surface area contributed by atoms with Gasteiger partial charge in [-0.1, -0.05) is 13.8 Å². The molecule has 1 saturated heterocycles. The fourth-order valence-electron chi connectivity index (χ4n) is 2.71. The summed E-state index contributed by atoms with van der Waals surface area (Å²) in [4.78, 5) is 4.96. The molecule has 0 spiro atoms. The summed E-state index contributed by atoms with van der Waals surface area (Å²) < 4.78 is 0. The fraction of sp³-hybridized carbons (Fsp3) is 1.00. The summed E-state index contributed by atoms with van der Waals surface area (Å²) >= 11 is 0. The molecule has 1 atom stereocenters. The van der Waals surface area contributed by atoms with Crippen molar-refractivity contribution >= 4 is 0 Å². The van der Waals surface area contributed by atoms with Gasteiger partial charge in [0.05, 0.1) is 0 Å². The maximum absolute atomic E-state index is 5.89. The van der Waals surface area contributed by atoms with Crippen molar-refractivity contribution in [2.45, 2.75) is 45.2 Å². The van der Waals surface area contributed by atoms with Gasteiger partial charge in [-0.3, -0.25) is 4.90 Å². The number of piperidine rings is 1. The van der Waals surface area contributed by atoms with Crippen molar-refractivity contribution in [1.82, 2.24) is 9.80 Å². The molecule has 1 unspecified atom stereocenters. The summed E-state index contributed by atoms with van der Waals surface area (Å²) in [5.41, 5.74) is 5.89. The quantitative estimate of drug-likeness (QED) is 0.770. The molecule has 0 aliphatic carbocycles. The molecule has 0 aromatic heterocycles. The predicted molar refractivity (Wildman–Crippen MR) is 70.6 cm³/mol. The highest BCUT2D eigenvalue weighted by atomic mass is 15.2. The first-order valence-corrected chi connectivity index (χ1v) is 6.65. The second-order valence-electron chi connectivity index (χ2n) is 5.75. The van der Waals surface area contributed by atoms with Crippen LogP contribution in [0.5, 0.6) is 0 Å². The molecule has 0 radical (unpaired) electrons. The molecule has 16 heavy (non-hydrogen) atoms. The molecule has 0 bridgehead atoms. The number of rotatable bonds is 5. The van der Waals surface area contributed by atoms with Gasteiger partial charge in [0.15, 0.2) is 0 Å². The Hall–Kier alpha value is -0.120. The average Bonchev–Trinajstić information content (AvgIpc) is 2.25. The zero-order valence-corrected chi connectivity index (χ0v) is 11.4. The van der Waals surface area contributed by atoms with Gasteiger partial charge in [0.25, 0.3) is 0 Å². The van der Waals surface area contributed by atoms with E-state index in [4.69, 9.17) is 5.73 Å². The summed E-state index contributed by atoms with van der Waals surface area (Å²) in [5.74, 6) is 0.750. The SMILES string of the molecule is CC(C)CC(CN)N1CCC(N(C)C)CC1. The molecule has 3 heteroatoms. The van der Waals surface area contributed by atoms with Gasteiger partial charge in [-0.05, 0) is 52.4 Å². The maximum Gasteiger partial charge on any atom is 0.0220 e. The minimum atomic E-state index is 0.600. The van der Waals surface area contributed by atoms with E-state index >= 15 is 0 Å². The van der Waals surface area contributed by atoms with Gasteiger partial charge in [0, 0.05) is 18.6 Å². The zero-order valence-electron chi connectivity index (χ0n) is 11.4. The summed E-state index contributed by atoms with van der Waals surface area (Å²) in [6.45, 7) is 7.82. The van der Waals surface area contributed by atoms with E-state index in [2.05, 4.69) is 37.7 Å². The molecule has 1 heterocycles. The van der Waals surface area contributed by atoms with Gasteiger partial charge in [0.2, 0.25) is 0 Å². The van der Waals surface area contributed by atoms with Crippen molar-refractivity contribution in [3.8, 4) is 0 Å². The van der Waals surface area contributed by atoms with Crippen molar-refractivity contribution in [3.63, 3.8) is 0 Å². The van der Waals surface area contributed by atoms with Crippen LogP contribution in [-0.4, -0.2) is 55.6 Å². The van der Waals surface area contributed by atoms with Crippen LogP contribution in [0.1, 0.15) is 33.1 Å². The second kappa shape index (κ2) is 6.58. The molecular weight excluding hydrogens is 198 g/mol.